The third-order valence-electron chi connectivity index (χ3n) is 8.52. The second-order valence-electron chi connectivity index (χ2n) is 13.7. The zero-order valence-corrected chi connectivity index (χ0v) is 31.4. The lowest BCUT2D eigenvalue weighted by molar-refractivity contribution is -0.135. The summed E-state index contributed by atoms with van der Waals surface area (Å²) in [6.45, 7) is 9.63. The highest BCUT2D eigenvalue weighted by molar-refractivity contribution is 7.16. The number of nitrogens with one attached hydrogen (secondary N) is 2. The number of Topliss-reactive ketones (excluding diaryl/α,β-unsaturated/α-hetero) is 1. The number of aromatic nitrogens is 4. The molecule has 13 heteroatoms. The van der Waals surface area contributed by atoms with Crippen LogP contribution in [0.5, 0.6) is 5.75 Å². The van der Waals surface area contributed by atoms with Crippen LogP contribution in [0.15, 0.2) is 83.9 Å². The van der Waals surface area contributed by atoms with Crippen molar-refractivity contribution in [3.05, 3.63) is 99.8 Å². The van der Waals surface area contributed by atoms with E-state index in [0.717, 1.165) is 31.9 Å². The number of benzene rings is 4. The highest BCUT2D eigenvalue weighted by Gasteiger charge is 2.38. The van der Waals surface area contributed by atoms with Crippen molar-refractivity contribution >= 4 is 78.8 Å². The average molecular weight is 738 g/mol. The van der Waals surface area contributed by atoms with Gasteiger partial charge >= 0.3 is 0 Å². The molecule has 268 valence electrons. The number of hydrogen-bond acceptors (Lipinski definition) is 8. The number of para-hydroxylation sites is 1. The number of fused-ring (bicyclic) bond motifs is 2. The van der Waals surface area contributed by atoms with Crippen LogP contribution in [-0.4, -0.2) is 43.8 Å². The lowest BCUT2D eigenvalue weighted by atomic mass is 9.86. The molecule has 0 fully saturated rings. The number of halogens is 1. The van der Waals surface area contributed by atoms with E-state index in [1.807, 2.05) is 67.9 Å². The number of ether oxygens (including phenoxy) is 1. The van der Waals surface area contributed by atoms with Gasteiger partial charge in [-0.2, -0.15) is 0 Å². The summed E-state index contributed by atoms with van der Waals surface area (Å²) >= 11 is 8.07. The molecule has 0 saturated carbocycles. The van der Waals surface area contributed by atoms with Gasteiger partial charge in [-0.05, 0) is 80.4 Å². The molecule has 2 aromatic heterocycles. The second-order valence-corrected chi connectivity index (χ2v) is 15.1. The fourth-order valence-corrected chi connectivity index (χ4v) is 6.94. The first kappa shape index (κ1) is 36.5. The Morgan fingerprint density at radius 1 is 0.962 bits per heavy atom. The van der Waals surface area contributed by atoms with Gasteiger partial charge in [0, 0.05) is 24.6 Å². The average Bonchev–Trinajstić information content (AvgIpc) is 3.65. The predicted molar refractivity (Wildman–Crippen MR) is 206 cm³/mol. The van der Waals surface area contributed by atoms with E-state index in [2.05, 4.69) is 27.0 Å². The monoisotopic (exact) mass is 737 g/mol. The summed E-state index contributed by atoms with van der Waals surface area (Å²) in [5.41, 5.74) is 4.60. The van der Waals surface area contributed by atoms with Crippen molar-refractivity contribution in [2.24, 2.45) is 17.5 Å². The van der Waals surface area contributed by atoms with Crippen molar-refractivity contribution < 1.29 is 19.1 Å². The summed E-state index contributed by atoms with van der Waals surface area (Å²) in [5, 5.41) is 14.4. The fraction of sp³-hybridized carbons (Fsp3) is 0.282. The quantitative estimate of drug-likeness (QED) is 0.102. The highest BCUT2D eigenvalue weighted by atomic mass is 35.5. The van der Waals surface area contributed by atoms with Gasteiger partial charge in [-0.15, -0.1) is 5.10 Å². The lowest BCUT2D eigenvalue weighted by Gasteiger charge is -2.24. The van der Waals surface area contributed by atoms with Crippen LogP contribution in [0.3, 0.4) is 0 Å². The molecule has 0 spiro atoms. The number of anilines is 2. The minimum atomic E-state index is -1.38. The van der Waals surface area contributed by atoms with Gasteiger partial charge in [-0.1, -0.05) is 78.8 Å². The van der Waals surface area contributed by atoms with Crippen LogP contribution >= 0.6 is 22.9 Å². The number of carbonyl (C=O) groups is 3. The van der Waals surface area contributed by atoms with Crippen molar-refractivity contribution in [2.75, 3.05) is 17.2 Å². The number of thiazole rings is 1. The SMILES string of the molecule is Cc1ccc(OCCCC(=O)Nc2ccc(Cl)c(NC(=O)C(C(=O)C(C)(C)C)n3nnc4ccc(N=c5sc6ccccc6n5C)cc43)c2)c(C)c1. The third kappa shape index (κ3) is 8.08. The molecular weight excluding hydrogens is 698 g/mol. The number of carbonyl (C=O) groups excluding carboxylic acids is 3. The predicted octanol–water partition coefficient (Wildman–Crippen LogP) is 8.08. The number of nitrogens with zero attached hydrogens (tertiary/aromatic N) is 5. The van der Waals surface area contributed by atoms with E-state index in [9.17, 15) is 14.4 Å². The molecule has 1 unspecified atom stereocenters. The molecule has 2 amide bonds. The minimum absolute atomic E-state index is 0.218. The van der Waals surface area contributed by atoms with Gasteiger partial charge in [-0.25, -0.2) is 9.67 Å². The van der Waals surface area contributed by atoms with E-state index in [-0.39, 0.29) is 28.8 Å². The van der Waals surface area contributed by atoms with Crippen LogP contribution in [0.4, 0.5) is 17.1 Å². The topological polar surface area (TPSA) is 132 Å². The van der Waals surface area contributed by atoms with Crippen LogP contribution in [0.25, 0.3) is 21.3 Å². The summed E-state index contributed by atoms with van der Waals surface area (Å²) in [7, 11) is 1.96. The Morgan fingerprint density at radius 2 is 1.75 bits per heavy atom. The van der Waals surface area contributed by atoms with Crippen molar-refractivity contribution in [3.8, 4) is 5.75 Å². The lowest BCUT2D eigenvalue weighted by Crippen LogP contribution is -2.39. The van der Waals surface area contributed by atoms with Crippen LogP contribution in [0.1, 0.15) is 50.8 Å². The summed E-state index contributed by atoms with van der Waals surface area (Å²) in [5.74, 6) is -0.454. The molecule has 2 heterocycles. The minimum Gasteiger partial charge on any atom is -0.493 e. The van der Waals surface area contributed by atoms with E-state index in [0.29, 0.717) is 35.4 Å². The molecule has 2 N–H and O–H groups in total. The zero-order chi connectivity index (χ0) is 37.2. The van der Waals surface area contributed by atoms with Crippen molar-refractivity contribution in [1.29, 1.82) is 0 Å². The summed E-state index contributed by atoms with van der Waals surface area (Å²) in [6, 6.07) is 22.8. The number of aryl methyl sites for hydroxylation is 3. The Labute approximate surface area is 310 Å². The van der Waals surface area contributed by atoms with Gasteiger partial charge in [0.15, 0.2) is 16.6 Å². The van der Waals surface area contributed by atoms with Crippen LogP contribution in [0.2, 0.25) is 5.02 Å². The number of amides is 2. The fourth-order valence-electron chi connectivity index (χ4n) is 5.73. The Morgan fingerprint density at radius 3 is 2.50 bits per heavy atom. The molecule has 0 aliphatic carbocycles. The number of hydrogen-bond donors (Lipinski definition) is 2. The van der Waals surface area contributed by atoms with Gasteiger partial charge in [0.05, 0.1) is 38.7 Å². The van der Waals surface area contributed by atoms with Crippen molar-refractivity contribution in [2.45, 2.75) is 53.5 Å². The number of rotatable bonds is 11. The molecule has 4 aromatic carbocycles. The van der Waals surface area contributed by atoms with Crippen molar-refractivity contribution in [3.63, 3.8) is 0 Å². The molecule has 1 atom stereocenters. The van der Waals surface area contributed by atoms with Gasteiger partial charge in [0.1, 0.15) is 11.3 Å². The van der Waals surface area contributed by atoms with E-state index in [4.69, 9.17) is 21.3 Å². The molecule has 6 rings (SSSR count). The largest absolute Gasteiger partial charge is 0.493 e. The summed E-state index contributed by atoms with van der Waals surface area (Å²) < 4.78 is 10.3. The second kappa shape index (κ2) is 15.1. The van der Waals surface area contributed by atoms with Crippen LogP contribution in [0, 0.1) is 19.3 Å². The van der Waals surface area contributed by atoms with Gasteiger partial charge < -0.3 is 19.9 Å². The first-order chi connectivity index (χ1) is 24.8. The summed E-state index contributed by atoms with van der Waals surface area (Å²) in [4.78, 5) is 46.5. The van der Waals surface area contributed by atoms with Gasteiger partial charge in [0.2, 0.25) is 5.91 Å². The normalized spacial score (nSPS) is 12.6. The maximum Gasteiger partial charge on any atom is 0.257 e. The van der Waals surface area contributed by atoms with Gasteiger partial charge in [0.25, 0.3) is 5.91 Å². The molecule has 0 saturated heterocycles. The zero-order valence-electron chi connectivity index (χ0n) is 29.9. The van der Waals surface area contributed by atoms with Crippen molar-refractivity contribution in [1.82, 2.24) is 19.6 Å². The standard InChI is InChI=1S/C39H40ClN7O4S/c1-23-13-18-32(24(2)20-23)51-19-9-12-34(48)41-25-14-16-27(40)29(21-25)43-37(50)35(36(49)39(3,4)5)47-31-22-26(15-17-28(31)44-45-47)42-38-46(6)30-10-7-8-11-33(30)52-38/h7-8,10-11,13-18,20-22,35H,9,12,19H2,1-6H3,(H,41,48)(H,43,50). The smallest absolute Gasteiger partial charge is 0.257 e. The van der Waals surface area contributed by atoms with Crippen LogP contribution in [-0.2, 0) is 21.4 Å². The highest BCUT2D eigenvalue weighted by Crippen LogP contribution is 2.31. The maximum atomic E-state index is 14.1. The molecule has 0 radical (unpaired) electrons. The Hall–Kier alpha value is -5.33. The molecule has 52 heavy (non-hydrogen) atoms. The molecule has 0 bridgehead atoms. The molecular formula is C39H40ClN7O4S. The Kier molecular flexibility index (Phi) is 10.6. The van der Waals surface area contributed by atoms with Gasteiger partial charge in [-0.3, -0.25) is 14.4 Å². The van der Waals surface area contributed by atoms with E-state index in [1.165, 1.54) is 4.68 Å². The van der Waals surface area contributed by atoms with E-state index in [1.54, 1.807) is 62.4 Å². The first-order valence-electron chi connectivity index (χ1n) is 16.9. The third-order valence-corrected chi connectivity index (χ3v) is 9.96. The van der Waals surface area contributed by atoms with E-state index < -0.39 is 17.4 Å². The number of ketones is 1. The molecule has 11 nitrogen and oxygen atoms in total. The molecule has 0 aliphatic rings. The molecule has 0 aliphatic heterocycles. The van der Waals surface area contributed by atoms with Crippen LogP contribution < -0.4 is 20.2 Å². The van der Waals surface area contributed by atoms with E-state index >= 15 is 0 Å². The first-order valence-corrected chi connectivity index (χ1v) is 18.1. The maximum absolute atomic E-state index is 14.1. The summed E-state index contributed by atoms with van der Waals surface area (Å²) in [6.07, 6.45) is 0.739. The Balaban J connectivity index is 1.21. The molecule has 6 aromatic rings. The Bertz CT molecular complexity index is 2390.